The molecule has 7 nitrogen and oxygen atoms in total. The number of hydrogen-bond donors (Lipinski definition) is 1. The molecule has 0 aliphatic heterocycles. The van der Waals surface area contributed by atoms with E-state index in [0.29, 0.717) is 18.7 Å². The van der Waals surface area contributed by atoms with Gasteiger partial charge in [0.15, 0.2) is 4.34 Å². The van der Waals surface area contributed by atoms with E-state index in [1.54, 1.807) is 26.2 Å². The Labute approximate surface area is 165 Å². The second kappa shape index (κ2) is 9.33. The molecule has 1 aromatic carbocycles. The molecule has 0 saturated carbocycles. The van der Waals surface area contributed by atoms with Crippen LogP contribution in [0.4, 0.5) is 5.13 Å². The number of carbonyl (C=O) groups is 1. The van der Waals surface area contributed by atoms with Crippen LogP contribution in [-0.4, -0.2) is 34.9 Å². The van der Waals surface area contributed by atoms with Gasteiger partial charge in [-0.2, -0.15) is 0 Å². The molecular weight excluding hydrogens is 384 g/mol. The van der Waals surface area contributed by atoms with Crippen LogP contribution in [0.5, 0.6) is 5.75 Å². The highest BCUT2D eigenvalue weighted by Crippen LogP contribution is 2.31. The molecule has 0 saturated heterocycles. The fourth-order valence-corrected chi connectivity index (χ4v) is 3.74. The zero-order chi connectivity index (χ0) is 19.1. The van der Waals surface area contributed by atoms with Gasteiger partial charge >= 0.3 is 5.97 Å². The number of aromatic nitrogens is 3. The van der Waals surface area contributed by atoms with Crippen molar-refractivity contribution in [2.45, 2.75) is 22.8 Å². The predicted molar refractivity (Wildman–Crippen MR) is 105 cm³/mol. The molecule has 1 N–H and O–H groups in total. The molecule has 9 heteroatoms. The van der Waals surface area contributed by atoms with E-state index in [1.165, 1.54) is 29.3 Å². The molecule has 0 unspecified atom stereocenters. The lowest BCUT2D eigenvalue weighted by Gasteiger charge is -2.04. The van der Waals surface area contributed by atoms with Crippen LogP contribution in [-0.2, 0) is 11.3 Å². The van der Waals surface area contributed by atoms with Crippen molar-refractivity contribution >= 4 is 34.2 Å². The first kappa shape index (κ1) is 19.1. The van der Waals surface area contributed by atoms with Gasteiger partial charge in [0, 0.05) is 12.7 Å². The monoisotopic (exact) mass is 402 g/mol. The molecule has 0 spiro atoms. The van der Waals surface area contributed by atoms with Gasteiger partial charge in [-0.3, -0.25) is 0 Å². The first-order chi connectivity index (χ1) is 13.2. The molecule has 0 atom stereocenters. The summed E-state index contributed by atoms with van der Waals surface area (Å²) in [6.07, 6.45) is 1.50. The number of pyridine rings is 1. The second-order valence-corrected chi connectivity index (χ2v) is 7.53. The van der Waals surface area contributed by atoms with E-state index in [4.69, 9.17) is 9.47 Å². The third-order valence-electron chi connectivity index (χ3n) is 3.45. The summed E-state index contributed by atoms with van der Waals surface area (Å²) in [5.41, 5.74) is 1.55. The minimum atomic E-state index is -0.373. The van der Waals surface area contributed by atoms with Crippen LogP contribution in [0.15, 0.2) is 52.0 Å². The van der Waals surface area contributed by atoms with Gasteiger partial charge < -0.3 is 14.8 Å². The lowest BCUT2D eigenvalue weighted by molar-refractivity contribution is 0.0525. The molecule has 27 heavy (non-hydrogen) atoms. The van der Waals surface area contributed by atoms with E-state index >= 15 is 0 Å². The summed E-state index contributed by atoms with van der Waals surface area (Å²) in [4.78, 5) is 15.9. The van der Waals surface area contributed by atoms with E-state index < -0.39 is 0 Å². The molecule has 0 aliphatic carbocycles. The van der Waals surface area contributed by atoms with Crippen LogP contribution < -0.4 is 10.1 Å². The van der Waals surface area contributed by atoms with Crippen molar-refractivity contribution < 1.29 is 14.3 Å². The van der Waals surface area contributed by atoms with Crippen LogP contribution in [0, 0.1) is 0 Å². The van der Waals surface area contributed by atoms with Crippen molar-refractivity contribution in [3.63, 3.8) is 0 Å². The molecule has 3 aromatic rings. The van der Waals surface area contributed by atoms with Crippen LogP contribution in [0.1, 0.15) is 22.8 Å². The van der Waals surface area contributed by atoms with Gasteiger partial charge in [0.25, 0.3) is 0 Å². The number of nitrogens with one attached hydrogen (secondary N) is 1. The highest BCUT2D eigenvalue weighted by molar-refractivity contribution is 8.01. The molecule has 140 valence electrons. The van der Waals surface area contributed by atoms with Crippen molar-refractivity contribution in [3.8, 4) is 5.75 Å². The Morgan fingerprint density at radius 2 is 2.00 bits per heavy atom. The third-order valence-corrected chi connectivity index (χ3v) is 5.33. The maximum Gasteiger partial charge on any atom is 0.339 e. The minimum absolute atomic E-state index is 0.340. The summed E-state index contributed by atoms with van der Waals surface area (Å²) >= 11 is 2.84. The van der Waals surface area contributed by atoms with Gasteiger partial charge in [0.2, 0.25) is 5.13 Å². The number of nitrogens with zero attached hydrogens (tertiary/aromatic N) is 3. The molecule has 2 heterocycles. The van der Waals surface area contributed by atoms with E-state index in [1.807, 2.05) is 24.3 Å². The Hall–Kier alpha value is -2.65. The quantitative estimate of drug-likeness (QED) is 0.568. The molecule has 0 amide bonds. The van der Waals surface area contributed by atoms with E-state index in [9.17, 15) is 4.79 Å². The molecule has 3 rings (SSSR count). The summed E-state index contributed by atoms with van der Waals surface area (Å²) in [6, 6.07) is 11.3. The van der Waals surface area contributed by atoms with Crippen LogP contribution in [0.3, 0.4) is 0 Å². The summed E-state index contributed by atoms with van der Waals surface area (Å²) in [5, 5.41) is 13.0. The number of carbonyl (C=O) groups excluding carboxylic acids is 1. The topological polar surface area (TPSA) is 86.2 Å². The Bertz CT molecular complexity index is 882. The second-order valence-electron chi connectivity index (χ2n) is 5.28. The lowest BCUT2D eigenvalue weighted by atomic mass is 10.2. The van der Waals surface area contributed by atoms with Gasteiger partial charge in [0.05, 0.1) is 19.3 Å². The average molecular weight is 403 g/mol. The highest BCUT2D eigenvalue weighted by Gasteiger charge is 2.10. The average Bonchev–Trinajstić information content (AvgIpc) is 3.15. The molecular formula is C18H18N4O3S2. The maximum absolute atomic E-state index is 11.6. The van der Waals surface area contributed by atoms with Gasteiger partial charge in [-0.05, 0) is 48.5 Å². The van der Waals surface area contributed by atoms with E-state index in [2.05, 4.69) is 20.5 Å². The van der Waals surface area contributed by atoms with Crippen molar-refractivity contribution in [2.75, 3.05) is 19.0 Å². The fraction of sp³-hybridized carbons (Fsp3) is 0.222. The predicted octanol–water partition coefficient (Wildman–Crippen LogP) is 3.88. The van der Waals surface area contributed by atoms with Crippen molar-refractivity contribution in [3.05, 3.63) is 53.7 Å². The van der Waals surface area contributed by atoms with Crippen LogP contribution in [0.2, 0.25) is 0 Å². The fourth-order valence-electron chi connectivity index (χ4n) is 2.11. The summed E-state index contributed by atoms with van der Waals surface area (Å²) in [5.74, 6) is 0.456. The van der Waals surface area contributed by atoms with Crippen molar-refractivity contribution in [2.24, 2.45) is 0 Å². The van der Waals surface area contributed by atoms with Crippen LogP contribution in [0.25, 0.3) is 0 Å². The van der Waals surface area contributed by atoms with Crippen molar-refractivity contribution in [1.29, 1.82) is 0 Å². The van der Waals surface area contributed by atoms with Gasteiger partial charge in [-0.25, -0.2) is 9.78 Å². The molecule has 0 radical (unpaired) electrons. The first-order valence-electron chi connectivity index (χ1n) is 8.19. The number of esters is 1. The SMILES string of the molecule is CCOC(=O)c1ccc(Sc2nnc(NCc3ccc(OC)cc3)s2)nc1. The Morgan fingerprint density at radius 3 is 2.67 bits per heavy atom. The number of hydrogen-bond acceptors (Lipinski definition) is 9. The normalized spacial score (nSPS) is 10.4. The Morgan fingerprint density at radius 1 is 1.19 bits per heavy atom. The maximum atomic E-state index is 11.6. The van der Waals surface area contributed by atoms with Crippen LogP contribution >= 0.6 is 23.1 Å². The zero-order valence-electron chi connectivity index (χ0n) is 14.8. The van der Waals surface area contributed by atoms with Gasteiger partial charge in [0.1, 0.15) is 10.8 Å². The number of anilines is 1. The van der Waals surface area contributed by atoms with E-state index in [-0.39, 0.29) is 5.97 Å². The Balaban J connectivity index is 1.55. The van der Waals surface area contributed by atoms with E-state index in [0.717, 1.165) is 25.8 Å². The number of methoxy groups -OCH3 is 1. The molecule has 2 aromatic heterocycles. The molecule has 0 bridgehead atoms. The molecule has 0 fully saturated rings. The highest BCUT2D eigenvalue weighted by atomic mass is 32.2. The number of rotatable bonds is 8. The zero-order valence-corrected chi connectivity index (χ0v) is 16.5. The smallest absolute Gasteiger partial charge is 0.339 e. The number of benzene rings is 1. The largest absolute Gasteiger partial charge is 0.497 e. The third kappa shape index (κ3) is 5.41. The Kier molecular flexibility index (Phi) is 6.61. The molecule has 0 aliphatic rings. The number of ether oxygens (including phenoxy) is 2. The van der Waals surface area contributed by atoms with Gasteiger partial charge in [-0.15, -0.1) is 10.2 Å². The summed E-state index contributed by atoms with van der Waals surface area (Å²) in [7, 11) is 1.65. The summed E-state index contributed by atoms with van der Waals surface area (Å²) < 4.78 is 10.9. The first-order valence-corrected chi connectivity index (χ1v) is 9.82. The van der Waals surface area contributed by atoms with Gasteiger partial charge in [-0.1, -0.05) is 23.5 Å². The van der Waals surface area contributed by atoms with Crippen molar-refractivity contribution in [1.82, 2.24) is 15.2 Å². The summed E-state index contributed by atoms with van der Waals surface area (Å²) in [6.45, 7) is 2.76. The standard InChI is InChI=1S/C18H18N4O3S2/c1-3-25-16(23)13-6-9-15(19-11-13)26-18-22-21-17(27-18)20-10-12-4-7-14(24-2)8-5-12/h4-9,11H,3,10H2,1-2H3,(H,20,21). The lowest BCUT2D eigenvalue weighted by Crippen LogP contribution is -2.04. The minimum Gasteiger partial charge on any atom is -0.497 e.